The monoisotopic (exact) mass is 560 g/mol. The third-order valence-electron chi connectivity index (χ3n) is 6.54. The molecule has 38 heavy (non-hydrogen) atoms. The van der Waals surface area contributed by atoms with Crippen LogP contribution in [0.5, 0.6) is 0 Å². The number of hydrogen-bond donors (Lipinski definition) is 10. The van der Waals surface area contributed by atoms with Gasteiger partial charge in [0, 0.05) is 0 Å². The van der Waals surface area contributed by atoms with Crippen molar-refractivity contribution in [1.82, 2.24) is 0 Å². The van der Waals surface area contributed by atoms with Gasteiger partial charge in [0.25, 0.3) is 0 Å². The van der Waals surface area contributed by atoms with E-state index in [9.17, 15) is 51.1 Å². The first kappa shape index (κ1) is 31.9. The molecule has 3 aliphatic heterocycles. The van der Waals surface area contributed by atoms with Gasteiger partial charge in [0.05, 0.1) is 25.4 Å². The van der Waals surface area contributed by atoms with Crippen molar-refractivity contribution in [2.24, 2.45) is 0 Å². The normalized spacial score (nSPS) is 48.7. The summed E-state index contributed by atoms with van der Waals surface area (Å²) in [5.41, 5.74) is -0.768. The summed E-state index contributed by atoms with van der Waals surface area (Å²) >= 11 is 0. The lowest BCUT2D eigenvalue weighted by Crippen LogP contribution is -2.66. The van der Waals surface area contributed by atoms with Crippen LogP contribution in [0.4, 0.5) is 0 Å². The van der Waals surface area contributed by atoms with Crippen molar-refractivity contribution in [1.29, 1.82) is 0 Å². The first-order chi connectivity index (χ1) is 17.7. The van der Waals surface area contributed by atoms with E-state index in [0.717, 1.165) is 0 Å². The molecule has 0 aromatic carbocycles. The molecule has 16 nitrogen and oxygen atoms in total. The minimum Gasteiger partial charge on any atom is -0.394 e. The van der Waals surface area contributed by atoms with Crippen LogP contribution >= 0.6 is 0 Å². The fraction of sp³-hybridized carbons (Fsp3) is 1.00. The van der Waals surface area contributed by atoms with Crippen LogP contribution in [0, 0.1) is 0 Å². The van der Waals surface area contributed by atoms with Gasteiger partial charge < -0.3 is 79.5 Å². The third-order valence-corrected chi connectivity index (χ3v) is 6.54. The molecule has 224 valence electrons. The SMILES string of the molecule is CC(C)(C)OC1OC(CO)[C@@H](O[C@H]2OC(CO)[C@@H](O[C@H]3OC(CO)[C@@H](O)C(O)C3O)C(O)C2O)C(O)C1O. The molecular weight excluding hydrogens is 520 g/mol. The van der Waals surface area contributed by atoms with Crippen molar-refractivity contribution in [3.05, 3.63) is 0 Å². The van der Waals surface area contributed by atoms with Crippen LogP contribution in [0.3, 0.4) is 0 Å². The highest BCUT2D eigenvalue weighted by Crippen LogP contribution is 2.33. The van der Waals surface area contributed by atoms with E-state index in [0.29, 0.717) is 0 Å². The minimum absolute atomic E-state index is 0.684. The Hall–Kier alpha value is -0.640. The van der Waals surface area contributed by atoms with E-state index in [4.69, 9.17) is 28.4 Å². The Bertz CT molecular complexity index is 731. The van der Waals surface area contributed by atoms with Crippen molar-refractivity contribution in [2.75, 3.05) is 19.8 Å². The summed E-state index contributed by atoms with van der Waals surface area (Å²) in [6.07, 6.45) is -24.0. The summed E-state index contributed by atoms with van der Waals surface area (Å²) in [5, 5.41) is 102. The smallest absolute Gasteiger partial charge is 0.187 e. The quantitative estimate of drug-likeness (QED) is 0.133. The average molecular weight is 561 g/mol. The summed E-state index contributed by atoms with van der Waals surface area (Å²) in [6, 6.07) is 0. The maximum atomic E-state index is 10.8. The molecule has 10 unspecified atom stereocenters. The lowest BCUT2D eigenvalue weighted by Gasteiger charge is -2.48. The number of rotatable bonds is 8. The van der Waals surface area contributed by atoms with Crippen molar-refractivity contribution in [2.45, 2.75) is 118 Å². The summed E-state index contributed by atoms with van der Waals surface area (Å²) in [6.45, 7) is 2.85. The second-order valence-electron chi connectivity index (χ2n) is 10.5. The Labute approximate surface area is 218 Å². The maximum Gasteiger partial charge on any atom is 0.187 e. The minimum atomic E-state index is -1.89. The van der Waals surface area contributed by atoms with Crippen LogP contribution in [0.25, 0.3) is 0 Å². The van der Waals surface area contributed by atoms with Crippen molar-refractivity contribution < 1.29 is 79.5 Å². The molecule has 0 amide bonds. The molecule has 3 saturated heterocycles. The van der Waals surface area contributed by atoms with Crippen LogP contribution < -0.4 is 0 Å². The molecule has 0 aromatic rings. The van der Waals surface area contributed by atoms with E-state index in [1.54, 1.807) is 20.8 Å². The Morgan fingerprint density at radius 1 is 0.500 bits per heavy atom. The lowest BCUT2D eigenvalue weighted by atomic mass is 9.96. The van der Waals surface area contributed by atoms with Gasteiger partial charge >= 0.3 is 0 Å². The second kappa shape index (κ2) is 12.9. The zero-order valence-corrected chi connectivity index (χ0v) is 21.2. The fourth-order valence-corrected chi connectivity index (χ4v) is 4.49. The highest BCUT2D eigenvalue weighted by atomic mass is 16.8. The fourth-order valence-electron chi connectivity index (χ4n) is 4.49. The van der Waals surface area contributed by atoms with Crippen LogP contribution in [0.15, 0.2) is 0 Å². The largest absolute Gasteiger partial charge is 0.394 e. The van der Waals surface area contributed by atoms with Gasteiger partial charge in [-0.15, -0.1) is 0 Å². The maximum absolute atomic E-state index is 10.8. The molecule has 3 heterocycles. The number of aliphatic hydroxyl groups is 10. The molecule has 0 bridgehead atoms. The molecule has 0 spiro atoms. The van der Waals surface area contributed by atoms with E-state index < -0.39 is 118 Å². The highest BCUT2D eigenvalue weighted by Gasteiger charge is 2.53. The molecule has 0 radical (unpaired) electrons. The van der Waals surface area contributed by atoms with Gasteiger partial charge in [-0.2, -0.15) is 0 Å². The van der Waals surface area contributed by atoms with Crippen LogP contribution in [0.2, 0.25) is 0 Å². The standard InChI is InChI=1S/C22H40O16/c1-22(2,3)38-21-16(32)13(29)18(9(6-25)35-21)37-20-15(31)12(28)17(8(5-24)34-20)36-19-14(30)11(27)10(26)7(4-23)33-19/h7-21,23-32H,4-6H2,1-3H3/t7?,8?,9?,10-,11?,12?,13?,14?,15?,16?,17-,18-,19-,20-,21?/m1/s1. The highest BCUT2D eigenvalue weighted by molar-refractivity contribution is 4.96. The van der Waals surface area contributed by atoms with Crippen molar-refractivity contribution >= 4 is 0 Å². The van der Waals surface area contributed by atoms with Crippen LogP contribution in [0.1, 0.15) is 20.8 Å². The molecular formula is C22H40O16. The van der Waals surface area contributed by atoms with Crippen molar-refractivity contribution in [3.63, 3.8) is 0 Å². The Balaban J connectivity index is 1.71. The topological polar surface area (TPSA) is 258 Å². The zero-order valence-electron chi connectivity index (χ0n) is 21.2. The summed E-state index contributed by atoms with van der Waals surface area (Å²) in [5.74, 6) is 0. The van der Waals surface area contributed by atoms with E-state index in [1.165, 1.54) is 0 Å². The Morgan fingerprint density at radius 2 is 0.868 bits per heavy atom. The van der Waals surface area contributed by atoms with E-state index in [1.807, 2.05) is 0 Å². The summed E-state index contributed by atoms with van der Waals surface area (Å²) < 4.78 is 33.0. The summed E-state index contributed by atoms with van der Waals surface area (Å²) in [7, 11) is 0. The average Bonchev–Trinajstić information content (AvgIpc) is 2.86. The van der Waals surface area contributed by atoms with E-state index in [2.05, 4.69) is 0 Å². The Morgan fingerprint density at radius 3 is 1.29 bits per heavy atom. The van der Waals surface area contributed by atoms with Crippen LogP contribution in [-0.4, -0.2) is 169 Å². The van der Waals surface area contributed by atoms with Crippen molar-refractivity contribution in [3.8, 4) is 0 Å². The van der Waals surface area contributed by atoms with Crippen LogP contribution in [-0.2, 0) is 28.4 Å². The van der Waals surface area contributed by atoms with E-state index in [-0.39, 0.29) is 0 Å². The van der Waals surface area contributed by atoms with Gasteiger partial charge in [-0.3, -0.25) is 0 Å². The van der Waals surface area contributed by atoms with E-state index >= 15 is 0 Å². The Kier molecular flexibility index (Phi) is 10.8. The number of aliphatic hydroxyl groups excluding tert-OH is 10. The predicted molar refractivity (Wildman–Crippen MR) is 120 cm³/mol. The van der Waals surface area contributed by atoms with Gasteiger partial charge in [-0.05, 0) is 20.8 Å². The van der Waals surface area contributed by atoms with Gasteiger partial charge in [-0.1, -0.05) is 0 Å². The van der Waals surface area contributed by atoms with Gasteiger partial charge in [0.1, 0.15) is 73.2 Å². The first-order valence-electron chi connectivity index (χ1n) is 12.3. The molecule has 3 rings (SSSR count). The molecule has 16 heteroatoms. The zero-order chi connectivity index (χ0) is 28.5. The lowest BCUT2D eigenvalue weighted by molar-refractivity contribution is -0.382. The molecule has 0 saturated carbocycles. The molecule has 3 aliphatic rings. The molecule has 15 atom stereocenters. The summed E-state index contributed by atoms with van der Waals surface area (Å²) in [4.78, 5) is 0. The third kappa shape index (κ3) is 6.80. The molecule has 0 aliphatic carbocycles. The van der Waals surface area contributed by atoms with Gasteiger partial charge in [0.15, 0.2) is 18.9 Å². The van der Waals surface area contributed by atoms with Gasteiger partial charge in [0.2, 0.25) is 0 Å². The number of hydrogen-bond acceptors (Lipinski definition) is 16. The first-order valence-corrected chi connectivity index (χ1v) is 12.3. The van der Waals surface area contributed by atoms with Gasteiger partial charge in [-0.25, -0.2) is 0 Å². The second-order valence-corrected chi connectivity index (χ2v) is 10.5. The molecule has 0 aromatic heterocycles. The number of ether oxygens (including phenoxy) is 6. The molecule has 3 fully saturated rings. The predicted octanol–water partition coefficient (Wildman–Crippen LogP) is -5.75. The molecule has 10 N–H and O–H groups in total.